The summed E-state index contributed by atoms with van der Waals surface area (Å²) in [5.74, 6) is 10.3. The zero-order valence-electron chi connectivity index (χ0n) is 32.8. The molecule has 0 bridgehead atoms. The molecule has 0 fully saturated rings. The van der Waals surface area contributed by atoms with Crippen LogP contribution in [0.15, 0.2) is 48.5 Å². The predicted octanol–water partition coefficient (Wildman–Crippen LogP) is 3.90. The van der Waals surface area contributed by atoms with Gasteiger partial charge in [-0.1, -0.05) is 23.7 Å². The normalized spacial score (nSPS) is 12.3. The van der Waals surface area contributed by atoms with Crippen molar-refractivity contribution in [3.8, 4) is 35.2 Å². The van der Waals surface area contributed by atoms with Gasteiger partial charge in [-0.2, -0.15) is 0 Å². The first-order chi connectivity index (χ1) is 24.8. The Morgan fingerprint density at radius 1 is 0.741 bits per heavy atom. The second-order valence-electron chi connectivity index (χ2n) is 15.3. The molecule has 2 aromatic rings. The van der Waals surface area contributed by atoms with Crippen LogP contribution in [0.3, 0.4) is 0 Å². The van der Waals surface area contributed by atoms with E-state index in [1.54, 1.807) is 50.2 Å². The maximum atomic E-state index is 12.4. The molecule has 54 heavy (non-hydrogen) atoms. The molecule has 6 N–H and O–H groups in total. The third-order valence-electron chi connectivity index (χ3n) is 7.06. The Balaban J connectivity index is 0.000000541. The largest absolute Gasteiger partial charge is 0.481 e. The maximum absolute atomic E-state index is 12.4. The average Bonchev–Trinajstić information content (AvgIpc) is 3.08. The fourth-order valence-electron chi connectivity index (χ4n) is 4.08. The van der Waals surface area contributed by atoms with Crippen molar-refractivity contribution in [2.75, 3.05) is 20.3 Å². The zero-order valence-corrected chi connectivity index (χ0v) is 32.8. The summed E-state index contributed by atoms with van der Waals surface area (Å²) in [6, 6.07) is 10.0. The van der Waals surface area contributed by atoms with E-state index in [0.29, 0.717) is 17.1 Å². The molecule has 0 aliphatic carbocycles. The van der Waals surface area contributed by atoms with Gasteiger partial charge in [0.05, 0.1) is 7.11 Å². The molecule has 0 heterocycles. The molecule has 2 unspecified atom stereocenters. The average molecular weight is 752 g/mol. The highest BCUT2D eigenvalue weighted by atomic mass is 16.6. The van der Waals surface area contributed by atoms with Gasteiger partial charge in [-0.3, -0.25) is 29.7 Å². The number of hydroxylamine groups is 1. The summed E-state index contributed by atoms with van der Waals surface area (Å²) >= 11 is 0. The molecule has 0 saturated heterocycles. The van der Waals surface area contributed by atoms with Crippen LogP contribution in [0, 0.1) is 44.6 Å². The van der Waals surface area contributed by atoms with Crippen molar-refractivity contribution in [2.24, 2.45) is 16.6 Å². The summed E-state index contributed by atoms with van der Waals surface area (Å²) in [5, 5.41) is 24.9. The molecule has 0 radical (unpaired) electrons. The third kappa shape index (κ3) is 16.4. The van der Waals surface area contributed by atoms with Crippen LogP contribution in [-0.2, 0) is 14.3 Å². The van der Waals surface area contributed by atoms with E-state index in [4.69, 9.17) is 20.4 Å². The zero-order chi connectivity index (χ0) is 41.5. The molecule has 15 nitrogen and oxygen atoms in total. The number of hydrogen-bond acceptors (Lipinski definition) is 11. The molecule has 0 saturated carbocycles. The van der Waals surface area contributed by atoms with Crippen LogP contribution in [0.4, 0.5) is 0 Å². The van der Waals surface area contributed by atoms with E-state index >= 15 is 0 Å². The molecule has 294 valence electrons. The first-order valence-electron chi connectivity index (χ1n) is 16.8. The third-order valence-corrected chi connectivity index (χ3v) is 7.06. The molecule has 0 spiro atoms. The van der Waals surface area contributed by atoms with E-state index in [0.717, 1.165) is 7.11 Å². The number of carbonyl (C=O) groups excluding carboxylic acids is 4. The van der Waals surface area contributed by atoms with Crippen LogP contribution >= 0.6 is 0 Å². The van der Waals surface area contributed by atoms with Crippen LogP contribution in [0.2, 0.25) is 0 Å². The second-order valence-corrected chi connectivity index (χ2v) is 15.3. The van der Waals surface area contributed by atoms with Gasteiger partial charge in [-0.25, -0.2) is 10.3 Å². The van der Waals surface area contributed by atoms with Gasteiger partial charge in [0, 0.05) is 46.3 Å². The van der Waals surface area contributed by atoms with E-state index in [-0.39, 0.29) is 29.6 Å². The Hall–Kier alpha value is -5.64. The lowest BCUT2D eigenvalue weighted by Crippen LogP contribution is -2.61. The van der Waals surface area contributed by atoms with E-state index in [1.807, 2.05) is 41.5 Å². The minimum Gasteiger partial charge on any atom is -0.481 e. The van der Waals surface area contributed by atoms with Crippen molar-refractivity contribution in [1.29, 1.82) is 0 Å². The van der Waals surface area contributed by atoms with Crippen molar-refractivity contribution >= 4 is 23.7 Å². The number of nitrogens with two attached hydrogens (primary N) is 1. The Bertz CT molecular complexity index is 1730. The van der Waals surface area contributed by atoms with Crippen molar-refractivity contribution in [1.82, 2.24) is 16.1 Å². The highest BCUT2D eigenvalue weighted by Gasteiger charge is 2.47. The number of benzene rings is 2. The molecule has 0 aliphatic rings. The molecule has 0 aliphatic heterocycles. The monoisotopic (exact) mass is 751 g/mol. The minimum absolute atomic E-state index is 0.0839. The van der Waals surface area contributed by atoms with Gasteiger partial charge in [0.15, 0.2) is 6.04 Å². The Morgan fingerprint density at radius 2 is 1.11 bits per heavy atom. The van der Waals surface area contributed by atoms with E-state index in [2.05, 4.69) is 39.1 Å². The smallest absolute Gasteiger partial charge is 0.335 e. The molecule has 2 aromatic carbocycles. The van der Waals surface area contributed by atoms with Gasteiger partial charge in [0.25, 0.3) is 17.7 Å². The van der Waals surface area contributed by atoms with Crippen molar-refractivity contribution in [3.05, 3.63) is 69.8 Å². The van der Waals surface area contributed by atoms with Gasteiger partial charge in [0.1, 0.15) is 30.8 Å². The van der Waals surface area contributed by atoms with Crippen molar-refractivity contribution in [3.63, 3.8) is 0 Å². The lowest BCUT2D eigenvalue weighted by Gasteiger charge is -2.29. The number of nitrogens with one attached hydrogen (secondary N) is 3. The van der Waals surface area contributed by atoms with E-state index in [9.17, 15) is 29.3 Å². The number of nitro groups is 1. The Kier molecular flexibility index (Phi) is 17.2. The first kappa shape index (κ1) is 46.4. The maximum Gasteiger partial charge on any atom is 0.335 e. The van der Waals surface area contributed by atoms with Gasteiger partial charge < -0.3 is 30.6 Å². The number of rotatable bonds is 13. The molecule has 3 amide bonds. The molecule has 0 aromatic heterocycles. The topological polar surface area (TPSA) is 221 Å². The fraction of sp³-hybridized carbons (Fsp3) is 0.487. The van der Waals surface area contributed by atoms with Crippen LogP contribution in [0.25, 0.3) is 0 Å². The minimum atomic E-state index is -1.74. The summed E-state index contributed by atoms with van der Waals surface area (Å²) in [6.07, 6.45) is 0. The standard InChI is InChI=1S/C20H26N2O6.C19H27N3O4/c1-19(2,3)12-7-13-28-15-10-8-14(9-11-15)17(23)21-16(18(24)27-6)20(4,5)22(25)26;1-18(2,3)11-6-12-26-14-9-7-13(8-10-14)16(23)21-15(17(24)22-25)19(4,5)20/h8-11,16H,13H2,1-6H3,(H,21,23);7-10,15,25H,12,20H2,1-5H3,(H,21,23)(H,22,24). The van der Waals surface area contributed by atoms with Gasteiger partial charge in [-0.15, -0.1) is 0 Å². The number of hydrogen-bond donors (Lipinski definition) is 5. The molecule has 15 heteroatoms. The number of nitrogens with zero attached hydrogens (tertiary/aromatic N) is 1. The lowest BCUT2D eigenvalue weighted by atomic mass is 9.95. The van der Waals surface area contributed by atoms with E-state index < -0.39 is 51.8 Å². The lowest BCUT2D eigenvalue weighted by molar-refractivity contribution is -0.562. The molecule has 2 atom stereocenters. The quantitative estimate of drug-likeness (QED) is 0.0649. The van der Waals surface area contributed by atoms with Crippen molar-refractivity contribution < 1.29 is 43.5 Å². The van der Waals surface area contributed by atoms with Gasteiger partial charge >= 0.3 is 5.97 Å². The molecular formula is C39H53N5O10. The Labute approximate surface area is 317 Å². The highest BCUT2D eigenvalue weighted by molar-refractivity contribution is 5.98. The highest BCUT2D eigenvalue weighted by Crippen LogP contribution is 2.18. The first-order valence-corrected chi connectivity index (χ1v) is 16.8. The summed E-state index contributed by atoms with van der Waals surface area (Å²) in [4.78, 5) is 59.0. The van der Waals surface area contributed by atoms with Crippen LogP contribution < -0.4 is 31.3 Å². The summed E-state index contributed by atoms with van der Waals surface area (Å²) in [6.45, 7) is 18.1. The van der Waals surface area contributed by atoms with Crippen LogP contribution in [0.5, 0.6) is 11.5 Å². The van der Waals surface area contributed by atoms with Crippen molar-refractivity contribution in [2.45, 2.75) is 92.4 Å². The number of esters is 1. The fourth-order valence-corrected chi connectivity index (χ4v) is 4.08. The molecule has 2 rings (SSSR count). The SMILES string of the molecule is CC(C)(C)C#CCOc1ccc(C(=O)NC(C(=O)NO)C(C)(C)N)cc1.COC(=O)C(NC(=O)c1ccc(OCC#CC(C)(C)C)cc1)C(C)(C)[N+](=O)[O-]. The summed E-state index contributed by atoms with van der Waals surface area (Å²) < 4.78 is 15.6. The second kappa shape index (κ2) is 20.0. The summed E-state index contributed by atoms with van der Waals surface area (Å²) in [5.41, 5.74) is 4.96. The van der Waals surface area contributed by atoms with Crippen LogP contribution in [0.1, 0.15) is 90.0 Å². The van der Waals surface area contributed by atoms with E-state index in [1.165, 1.54) is 31.5 Å². The van der Waals surface area contributed by atoms with Gasteiger partial charge in [-0.05, 0) is 104 Å². The number of ether oxygens (including phenoxy) is 3. The molecular weight excluding hydrogens is 698 g/mol. The van der Waals surface area contributed by atoms with Gasteiger partial charge in [0.2, 0.25) is 5.54 Å². The number of carbonyl (C=O) groups is 4. The number of methoxy groups -OCH3 is 1. The predicted molar refractivity (Wildman–Crippen MR) is 202 cm³/mol. The Morgan fingerprint density at radius 3 is 1.41 bits per heavy atom. The number of amides is 3. The summed E-state index contributed by atoms with van der Waals surface area (Å²) in [7, 11) is 1.10. The van der Waals surface area contributed by atoms with Crippen LogP contribution in [-0.4, -0.2) is 77.3 Å².